The fourth-order valence-electron chi connectivity index (χ4n) is 4.91. The van der Waals surface area contributed by atoms with E-state index in [1.54, 1.807) is 17.3 Å². The highest BCUT2D eigenvalue weighted by Gasteiger charge is 2.45. The SMILES string of the molecule is CCOC(=O)N1CC[C@](C)(N2CCc3c(-c4cnc(N)nc4)nc(N4CCOCC4)nc32)C1. The third kappa shape index (κ3) is 4.01. The second-order valence-electron chi connectivity index (χ2n) is 8.87. The number of hydrogen-bond acceptors (Lipinski definition) is 10. The minimum atomic E-state index is -0.253. The summed E-state index contributed by atoms with van der Waals surface area (Å²) in [5.41, 5.74) is 8.23. The Kier molecular flexibility index (Phi) is 5.65. The molecule has 1 atom stereocenters. The van der Waals surface area contributed by atoms with Gasteiger partial charge in [-0.25, -0.2) is 19.7 Å². The van der Waals surface area contributed by atoms with Crippen molar-refractivity contribution in [1.82, 2.24) is 24.8 Å². The van der Waals surface area contributed by atoms with E-state index < -0.39 is 0 Å². The molecular formula is C22H30N8O3. The molecule has 1 amide bonds. The van der Waals surface area contributed by atoms with Crippen LogP contribution in [0.5, 0.6) is 0 Å². The van der Waals surface area contributed by atoms with Crippen LogP contribution in [-0.4, -0.2) is 89.0 Å². The lowest BCUT2D eigenvalue weighted by atomic mass is 9.99. The number of nitrogens with two attached hydrogens (primary N) is 1. The third-order valence-corrected chi connectivity index (χ3v) is 6.68. The van der Waals surface area contributed by atoms with Gasteiger partial charge < -0.3 is 29.9 Å². The Morgan fingerprint density at radius 3 is 2.67 bits per heavy atom. The van der Waals surface area contributed by atoms with E-state index in [0.29, 0.717) is 38.9 Å². The van der Waals surface area contributed by atoms with Crippen LogP contribution in [0.15, 0.2) is 12.4 Å². The zero-order valence-corrected chi connectivity index (χ0v) is 19.2. The van der Waals surface area contributed by atoms with E-state index in [2.05, 4.69) is 26.7 Å². The molecule has 2 aromatic heterocycles. The van der Waals surface area contributed by atoms with Gasteiger partial charge in [-0.1, -0.05) is 0 Å². The number of carbonyl (C=O) groups is 1. The minimum Gasteiger partial charge on any atom is -0.450 e. The molecule has 33 heavy (non-hydrogen) atoms. The molecule has 2 aromatic rings. The number of nitrogens with zero attached hydrogens (tertiary/aromatic N) is 7. The Morgan fingerprint density at radius 2 is 1.94 bits per heavy atom. The van der Waals surface area contributed by atoms with Gasteiger partial charge in [0.2, 0.25) is 11.9 Å². The number of fused-ring (bicyclic) bond motifs is 1. The number of nitrogen functional groups attached to an aromatic ring is 1. The lowest BCUT2D eigenvalue weighted by Crippen LogP contribution is -2.49. The average Bonchev–Trinajstić information content (AvgIpc) is 3.45. The van der Waals surface area contributed by atoms with E-state index in [0.717, 1.165) is 55.1 Å². The van der Waals surface area contributed by atoms with Gasteiger partial charge >= 0.3 is 6.09 Å². The Balaban J connectivity index is 1.53. The number of likely N-dealkylation sites (tertiary alicyclic amines) is 1. The highest BCUT2D eigenvalue weighted by Crippen LogP contribution is 2.41. The van der Waals surface area contributed by atoms with Crippen LogP contribution in [0.25, 0.3) is 11.3 Å². The van der Waals surface area contributed by atoms with Crippen LogP contribution in [0.1, 0.15) is 25.8 Å². The van der Waals surface area contributed by atoms with Gasteiger partial charge in [0.15, 0.2) is 0 Å². The molecule has 0 saturated carbocycles. The average molecular weight is 455 g/mol. The van der Waals surface area contributed by atoms with Crippen LogP contribution < -0.4 is 15.5 Å². The van der Waals surface area contributed by atoms with Crippen molar-refractivity contribution >= 4 is 23.8 Å². The summed E-state index contributed by atoms with van der Waals surface area (Å²) in [4.78, 5) is 37.0. The highest BCUT2D eigenvalue weighted by atomic mass is 16.6. The van der Waals surface area contributed by atoms with Crippen molar-refractivity contribution in [2.24, 2.45) is 0 Å². The Labute approximate surface area is 192 Å². The number of anilines is 3. The van der Waals surface area contributed by atoms with E-state index in [-0.39, 0.29) is 17.6 Å². The number of carbonyl (C=O) groups excluding carboxylic acids is 1. The number of amides is 1. The Morgan fingerprint density at radius 1 is 1.18 bits per heavy atom. The van der Waals surface area contributed by atoms with Crippen LogP contribution >= 0.6 is 0 Å². The maximum absolute atomic E-state index is 12.3. The van der Waals surface area contributed by atoms with Crippen LogP contribution in [0.3, 0.4) is 0 Å². The zero-order chi connectivity index (χ0) is 23.0. The summed E-state index contributed by atoms with van der Waals surface area (Å²) in [6.07, 6.45) is 4.85. The smallest absolute Gasteiger partial charge is 0.409 e. The lowest BCUT2D eigenvalue weighted by Gasteiger charge is -2.37. The fraction of sp³-hybridized carbons (Fsp3) is 0.591. The van der Waals surface area contributed by atoms with Crippen molar-refractivity contribution in [2.75, 3.05) is 68.1 Å². The van der Waals surface area contributed by atoms with Crippen LogP contribution in [0.4, 0.5) is 22.5 Å². The number of hydrogen-bond donors (Lipinski definition) is 1. The molecule has 0 aliphatic carbocycles. The van der Waals surface area contributed by atoms with Crippen molar-refractivity contribution < 1.29 is 14.3 Å². The first-order chi connectivity index (χ1) is 16.0. The molecular weight excluding hydrogens is 424 g/mol. The molecule has 2 fully saturated rings. The van der Waals surface area contributed by atoms with Gasteiger partial charge in [-0.2, -0.15) is 4.98 Å². The zero-order valence-electron chi connectivity index (χ0n) is 19.2. The lowest BCUT2D eigenvalue weighted by molar-refractivity contribution is 0.114. The van der Waals surface area contributed by atoms with Crippen LogP contribution in [0, 0.1) is 0 Å². The summed E-state index contributed by atoms with van der Waals surface area (Å²) in [6, 6.07) is 0. The van der Waals surface area contributed by atoms with Crippen LogP contribution in [-0.2, 0) is 15.9 Å². The summed E-state index contributed by atoms with van der Waals surface area (Å²) in [5.74, 6) is 1.84. The molecule has 11 nitrogen and oxygen atoms in total. The van der Waals surface area contributed by atoms with Gasteiger partial charge in [0.1, 0.15) is 5.82 Å². The monoisotopic (exact) mass is 454 g/mol. The van der Waals surface area contributed by atoms with Gasteiger partial charge in [-0.3, -0.25) is 0 Å². The number of morpholine rings is 1. The quantitative estimate of drug-likeness (QED) is 0.724. The van der Waals surface area contributed by atoms with E-state index in [9.17, 15) is 4.79 Å². The molecule has 0 unspecified atom stereocenters. The molecule has 5 rings (SSSR count). The number of rotatable bonds is 4. The molecule has 0 spiro atoms. The van der Waals surface area contributed by atoms with Gasteiger partial charge in [-0.05, 0) is 26.7 Å². The molecule has 11 heteroatoms. The normalized spacial score (nSPS) is 22.5. The summed E-state index contributed by atoms with van der Waals surface area (Å²) in [6.45, 7) is 9.26. The predicted octanol–water partition coefficient (Wildman–Crippen LogP) is 1.34. The minimum absolute atomic E-state index is 0.233. The molecule has 5 heterocycles. The topological polar surface area (TPSA) is 123 Å². The van der Waals surface area contributed by atoms with Crippen molar-refractivity contribution in [3.05, 3.63) is 18.0 Å². The summed E-state index contributed by atoms with van der Waals surface area (Å²) in [5, 5.41) is 0. The van der Waals surface area contributed by atoms with E-state index in [1.807, 2.05) is 6.92 Å². The molecule has 2 saturated heterocycles. The molecule has 3 aliphatic heterocycles. The second kappa shape index (κ2) is 8.62. The maximum atomic E-state index is 12.3. The van der Waals surface area contributed by atoms with Gasteiger partial charge in [0, 0.05) is 56.2 Å². The molecule has 0 bridgehead atoms. The van der Waals surface area contributed by atoms with Crippen molar-refractivity contribution in [1.29, 1.82) is 0 Å². The number of ether oxygens (including phenoxy) is 2. The van der Waals surface area contributed by atoms with E-state index >= 15 is 0 Å². The summed E-state index contributed by atoms with van der Waals surface area (Å²) < 4.78 is 10.8. The van der Waals surface area contributed by atoms with Crippen molar-refractivity contribution in [3.63, 3.8) is 0 Å². The second-order valence-corrected chi connectivity index (χ2v) is 8.87. The van der Waals surface area contributed by atoms with Crippen LogP contribution in [0.2, 0.25) is 0 Å². The van der Waals surface area contributed by atoms with E-state index in [1.165, 1.54) is 0 Å². The summed E-state index contributed by atoms with van der Waals surface area (Å²) in [7, 11) is 0. The first-order valence-corrected chi connectivity index (χ1v) is 11.5. The Bertz CT molecular complexity index is 1030. The van der Waals surface area contributed by atoms with Crippen molar-refractivity contribution in [3.8, 4) is 11.3 Å². The third-order valence-electron chi connectivity index (χ3n) is 6.68. The standard InChI is InChI=1S/C22H30N8O3/c1-3-33-21(31)29-7-5-22(2,14-29)30-6-4-16-17(15-12-24-19(23)25-13-15)26-20(27-18(16)30)28-8-10-32-11-9-28/h12-13H,3-11,14H2,1-2H3,(H2,23,24,25)/t22-/m0/s1. The van der Waals surface area contributed by atoms with Gasteiger partial charge in [-0.15, -0.1) is 0 Å². The maximum Gasteiger partial charge on any atom is 0.409 e. The van der Waals surface area contributed by atoms with Crippen molar-refractivity contribution in [2.45, 2.75) is 32.2 Å². The van der Waals surface area contributed by atoms with Gasteiger partial charge in [0.25, 0.3) is 0 Å². The molecule has 3 aliphatic rings. The fourth-order valence-corrected chi connectivity index (χ4v) is 4.91. The molecule has 176 valence electrons. The molecule has 0 radical (unpaired) electrons. The first-order valence-electron chi connectivity index (χ1n) is 11.5. The molecule has 0 aromatic carbocycles. The van der Waals surface area contributed by atoms with E-state index in [4.69, 9.17) is 25.2 Å². The first kappa shape index (κ1) is 21.6. The Hall–Kier alpha value is -3.21. The summed E-state index contributed by atoms with van der Waals surface area (Å²) >= 11 is 0. The number of aromatic nitrogens is 4. The largest absolute Gasteiger partial charge is 0.450 e. The molecule has 2 N–H and O–H groups in total. The predicted molar refractivity (Wildman–Crippen MR) is 123 cm³/mol. The van der Waals surface area contributed by atoms with Gasteiger partial charge in [0.05, 0.1) is 31.1 Å². The highest BCUT2D eigenvalue weighted by molar-refractivity contribution is 5.74.